The number of hydrogen-bond donors (Lipinski definition) is 1. The highest BCUT2D eigenvalue weighted by Gasteiger charge is 2.26. The molecule has 0 aliphatic heterocycles. The largest absolute Gasteiger partial charge is 0.465 e. The minimum absolute atomic E-state index is 0.343. The van der Waals surface area contributed by atoms with Crippen LogP contribution in [0.5, 0.6) is 0 Å². The average molecular weight is 329 g/mol. The molecular weight excluding hydrogens is 310 g/mol. The van der Waals surface area contributed by atoms with Crippen LogP contribution in [0.4, 0.5) is 0 Å². The number of methoxy groups -OCH3 is 1. The van der Waals surface area contributed by atoms with E-state index < -0.39 is 5.97 Å². The number of aromatic nitrogens is 1. The van der Waals surface area contributed by atoms with Crippen molar-refractivity contribution in [3.05, 3.63) is 52.7 Å². The Morgan fingerprint density at radius 2 is 1.74 bits per heavy atom. The number of thiol groups is 1. The topological polar surface area (TPSA) is 56.3 Å². The Hall–Kier alpha value is -2.14. The highest BCUT2D eigenvalue weighted by Crippen LogP contribution is 2.30. The van der Waals surface area contributed by atoms with Crippen LogP contribution < -0.4 is 0 Å². The lowest BCUT2D eigenvalue weighted by molar-refractivity contribution is 0.0600. The lowest BCUT2D eigenvalue weighted by Crippen LogP contribution is -2.16. The number of ether oxygens (including phenoxy) is 1. The van der Waals surface area contributed by atoms with Crippen LogP contribution in [0.1, 0.15) is 45.8 Å². The van der Waals surface area contributed by atoms with Gasteiger partial charge in [0.1, 0.15) is 0 Å². The zero-order chi connectivity index (χ0) is 17.0. The fourth-order valence-corrected chi connectivity index (χ4v) is 2.94. The van der Waals surface area contributed by atoms with E-state index in [-0.39, 0.29) is 5.12 Å². The van der Waals surface area contributed by atoms with E-state index in [1.807, 2.05) is 44.2 Å². The van der Waals surface area contributed by atoms with Gasteiger partial charge in [0, 0.05) is 5.56 Å². The highest BCUT2D eigenvalue weighted by atomic mass is 32.1. The van der Waals surface area contributed by atoms with E-state index >= 15 is 0 Å². The van der Waals surface area contributed by atoms with Gasteiger partial charge in [-0.05, 0) is 18.4 Å². The minimum atomic E-state index is -0.494. The predicted octanol–water partition coefficient (Wildman–Crippen LogP) is 3.73. The third-order valence-electron chi connectivity index (χ3n) is 3.71. The number of rotatable bonds is 5. The van der Waals surface area contributed by atoms with Crippen LogP contribution in [0, 0.1) is 0 Å². The van der Waals surface area contributed by atoms with Crippen molar-refractivity contribution in [2.24, 2.45) is 0 Å². The molecule has 2 aromatic rings. The van der Waals surface area contributed by atoms with Crippen molar-refractivity contribution in [1.82, 2.24) is 4.98 Å². The summed E-state index contributed by atoms with van der Waals surface area (Å²) >= 11 is 3.97. The fraction of sp³-hybridized carbons (Fsp3) is 0.278. The first-order valence-corrected chi connectivity index (χ1v) is 7.92. The van der Waals surface area contributed by atoms with E-state index in [0.29, 0.717) is 40.9 Å². The summed E-state index contributed by atoms with van der Waals surface area (Å²) in [7, 11) is 1.33. The molecule has 0 fully saturated rings. The standard InChI is InChI=1S/C18H19NO3S/c1-4-12-14(18(21)23)13(5-2)19-16(15(12)17(20)22-3)11-9-7-6-8-10-11/h6-10H,4-5H2,1-3H3,(H,21,23). The molecule has 0 saturated carbocycles. The van der Waals surface area contributed by atoms with E-state index in [9.17, 15) is 9.59 Å². The minimum Gasteiger partial charge on any atom is -0.465 e. The van der Waals surface area contributed by atoms with Crippen molar-refractivity contribution in [1.29, 1.82) is 0 Å². The summed E-state index contributed by atoms with van der Waals surface area (Å²) in [4.78, 5) is 28.9. The lowest BCUT2D eigenvalue weighted by atomic mass is 9.93. The molecule has 0 atom stereocenters. The molecule has 0 radical (unpaired) electrons. The summed E-state index contributed by atoms with van der Waals surface area (Å²) in [5, 5.41) is -0.379. The van der Waals surface area contributed by atoms with Crippen molar-refractivity contribution in [2.75, 3.05) is 7.11 Å². The Bertz CT molecular complexity index is 742. The summed E-state index contributed by atoms with van der Waals surface area (Å²) in [6.07, 6.45) is 1.09. The van der Waals surface area contributed by atoms with E-state index in [4.69, 9.17) is 4.74 Å². The van der Waals surface area contributed by atoms with Gasteiger partial charge in [-0.1, -0.05) is 44.2 Å². The molecule has 1 aromatic carbocycles. The average Bonchev–Trinajstić information content (AvgIpc) is 2.59. The van der Waals surface area contributed by atoms with Gasteiger partial charge in [0.15, 0.2) is 0 Å². The molecule has 0 spiro atoms. The molecule has 0 N–H and O–H groups in total. The maximum atomic E-state index is 12.4. The molecule has 0 unspecified atom stereocenters. The number of nitrogens with zero attached hydrogens (tertiary/aromatic N) is 1. The molecule has 1 aromatic heterocycles. The second-order valence-electron chi connectivity index (χ2n) is 5.01. The molecule has 2 rings (SSSR count). The van der Waals surface area contributed by atoms with Gasteiger partial charge in [0.25, 0.3) is 0 Å². The van der Waals surface area contributed by atoms with Gasteiger partial charge in [-0.2, -0.15) is 0 Å². The first-order chi connectivity index (χ1) is 11.0. The number of benzene rings is 1. The summed E-state index contributed by atoms with van der Waals surface area (Å²) < 4.78 is 4.93. The maximum Gasteiger partial charge on any atom is 0.340 e. The number of carbonyl (C=O) groups excluding carboxylic acids is 2. The maximum absolute atomic E-state index is 12.4. The SMILES string of the molecule is CCc1nc(-c2ccccc2)c(C(=O)OC)c(CC)c1C(=O)S. The van der Waals surface area contributed by atoms with Gasteiger partial charge in [-0.25, -0.2) is 4.79 Å². The third-order valence-corrected chi connectivity index (χ3v) is 3.94. The normalized spacial score (nSPS) is 10.4. The van der Waals surface area contributed by atoms with Crippen molar-refractivity contribution >= 4 is 23.7 Å². The highest BCUT2D eigenvalue weighted by molar-refractivity contribution is 7.97. The molecule has 0 aliphatic carbocycles. The quantitative estimate of drug-likeness (QED) is 0.671. The van der Waals surface area contributed by atoms with E-state index in [1.54, 1.807) is 0 Å². The molecular formula is C18H19NO3S. The lowest BCUT2D eigenvalue weighted by Gasteiger charge is -2.17. The van der Waals surface area contributed by atoms with Crippen LogP contribution in [0.25, 0.3) is 11.3 Å². The Balaban J connectivity index is 2.90. The zero-order valence-corrected chi connectivity index (χ0v) is 14.3. The van der Waals surface area contributed by atoms with Crippen molar-refractivity contribution in [3.63, 3.8) is 0 Å². The molecule has 4 nitrogen and oxygen atoms in total. The fourth-order valence-electron chi connectivity index (χ4n) is 2.68. The molecule has 5 heteroatoms. The van der Waals surface area contributed by atoms with E-state index in [2.05, 4.69) is 17.6 Å². The summed E-state index contributed by atoms with van der Waals surface area (Å²) in [6.45, 7) is 3.82. The van der Waals surface area contributed by atoms with Gasteiger partial charge in [0.2, 0.25) is 5.12 Å². The van der Waals surface area contributed by atoms with Crippen molar-refractivity contribution in [3.8, 4) is 11.3 Å². The molecule has 0 aliphatic rings. The first-order valence-electron chi connectivity index (χ1n) is 7.47. The number of pyridine rings is 1. The molecule has 1 heterocycles. The zero-order valence-electron chi connectivity index (χ0n) is 13.4. The Kier molecular flexibility index (Phi) is 5.55. The van der Waals surface area contributed by atoms with Crippen molar-refractivity contribution < 1.29 is 14.3 Å². The van der Waals surface area contributed by atoms with Gasteiger partial charge in [-0.3, -0.25) is 9.78 Å². The van der Waals surface area contributed by atoms with Gasteiger partial charge in [0.05, 0.1) is 29.6 Å². The predicted molar refractivity (Wildman–Crippen MR) is 93.1 cm³/mol. The van der Waals surface area contributed by atoms with Gasteiger partial charge in [-0.15, -0.1) is 12.6 Å². The monoisotopic (exact) mass is 329 g/mol. The van der Waals surface area contributed by atoms with Gasteiger partial charge >= 0.3 is 5.97 Å². The summed E-state index contributed by atoms with van der Waals surface area (Å²) in [5.74, 6) is -0.494. The van der Waals surface area contributed by atoms with Gasteiger partial charge < -0.3 is 4.74 Å². The van der Waals surface area contributed by atoms with Crippen LogP contribution >= 0.6 is 12.6 Å². The van der Waals surface area contributed by atoms with Crippen LogP contribution in [0.15, 0.2) is 30.3 Å². The Morgan fingerprint density at radius 3 is 2.22 bits per heavy atom. The first kappa shape index (κ1) is 17.2. The second-order valence-corrected chi connectivity index (χ2v) is 5.41. The summed E-state index contributed by atoms with van der Waals surface area (Å²) in [6, 6.07) is 9.43. The second kappa shape index (κ2) is 7.42. The molecule has 0 amide bonds. The molecule has 0 saturated heterocycles. The van der Waals surface area contributed by atoms with E-state index in [1.165, 1.54) is 7.11 Å². The number of hydrogen-bond acceptors (Lipinski definition) is 4. The Morgan fingerprint density at radius 1 is 1.09 bits per heavy atom. The smallest absolute Gasteiger partial charge is 0.340 e. The van der Waals surface area contributed by atoms with Crippen LogP contribution in [0.2, 0.25) is 0 Å². The Labute approximate surface area is 141 Å². The van der Waals surface area contributed by atoms with Crippen LogP contribution in [0.3, 0.4) is 0 Å². The summed E-state index contributed by atoms with van der Waals surface area (Å²) in [5.41, 5.74) is 3.41. The van der Waals surface area contributed by atoms with Crippen LogP contribution in [-0.4, -0.2) is 23.2 Å². The molecule has 23 heavy (non-hydrogen) atoms. The third kappa shape index (κ3) is 3.29. The van der Waals surface area contributed by atoms with E-state index in [0.717, 1.165) is 5.56 Å². The molecule has 120 valence electrons. The number of esters is 1. The van der Waals surface area contributed by atoms with Crippen LogP contribution in [-0.2, 0) is 17.6 Å². The van der Waals surface area contributed by atoms with Crippen molar-refractivity contribution in [2.45, 2.75) is 26.7 Å². The number of aryl methyl sites for hydroxylation is 1. The number of carbonyl (C=O) groups is 2. The molecule has 0 bridgehead atoms.